The van der Waals surface area contributed by atoms with Crippen LogP contribution in [0.15, 0.2) is 29.0 Å². The molecule has 1 aliphatic rings. The van der Waals surface area contributed by atoms with Crippen molar-refractivity contribution < 1.29 is 4.79 Å². The maximum absolute atomic E-state index is 12.2. The van der Waals surface area contributed by atoms with E-state index >= 15 is 0 Å². The first kappa shape index (κ1) is 17.9. The Labute approximate surface area is 162 Å². The number of anilines is 1. The molecule has 0 aliphatic carbocycles. The molecule has 0 unspecified atom stereocenters. The fourth-order valence-corrected chi connectivity index (χ4v) is 4.03. The van der Waals surface area contributed by atoms with Gasteiger partial charge in [-0.1, -0.05) is 13.8 Å². The molecule has 1 amide bonds. The highest BCUT2D eigenvalue weighted by molar-refractivity contribution is 7.08. The summed E-state index contributed by atoms with van der Waals surface area (Å²) >= 11 is 1.63. The van der Waals surface area contributed by atoms with Crippen molar-refractivity contribution in [2.24, 2.45) is 5.92 Å². The Bertz CT molecular complexity index is 912. The van der Waals surface area contributed by atoms with Gasteiger partial charge in [0.05, 0.1) is 0 Å². The maximum atomic E-state index is 12.2. The average molecular weight is 385 g/mol. The molecule has 1 aliphatic heterocycles. The number of amides is 1. The number of nitrogens with one attached hydrogen (secondary N) is 1. The lowest BCUT2D eigenvalue weighted by atomic mass is 10.0. The molecule has 7 nitrogen and oxygen atoms in total. The summed E-state index contributed by atoms with van der Waals surface area (Å²) in [5.41, 5.74) is 1.75. The van der Waals surface area contributed by atoms with E-state index in [-0.39, 0.29) is 5.91 Å². The number of thiophene rings is 1. The van der Waals surface area contributed by atoms with Crippen LogP contribution in [0.5, 0.6) is 0 Å². The van der Waals surface area contributed by atoms with E-state index in [0.29, 0.717) is 18.4 Å². The summed E-state index contributed by atoms with van der Waals surface area (Å²) in [7, 11) is 0. The van der Waals surface area contributed by atoms with Crippen molar-refractivity contribution in [2.75, 3.05) is 18.4 Å². The lowest BCUT2D eigenvalue weighted by Crippen LogP contribution is -2.42. The smallest absolute Gasteiger partial charge is 0.222 e. The minimum atomic E-state index is 0.271. The number of carbonyl (C=O) groups excluding carboxylic acids is 1. The zero-order chi connectivity index (χ0) is 18.8. The molecule has 3 aromatic rings. The lowest BCUT2D eigenvalue weighted by Gasteiger charge is -2.33. The monoisotopic (exact) mass is 384 g/mol. The van der Waals surface area contributed by atoms with E-state index in [9.17, 15) is 4.79 Å². The van der Waals surface area contributed by atoms with Gasteiger partial charge in [0.2, 0.25) is 5.91 Å². The molecular formula is C19H24N6OS. The van der Waals surface area contributed by atoms with Gasteiger partial charge in [0.15, 0.2) is 11.5 Å². The van der Waals surface area contributed by atoms with Crippen molar-refractivity contribution in [2.45, 2.75) is 39.2 Å². The molecule has 8 heteroatoms. The number of fused-ring (bicyclic) bond motifs is 1. The first-order chi connectivity index (χ1) is 13.1. The third-order valence-electron chi connectivity index (χ3n) is 4.82. The number of nitrogens with zero attached hydrogens (tertiary/aromatic N) is 5. The Morgan fingerprint density at radius 2 is 2.07 bits per heavy atom. The molecule has 0 saturated carbocycles. The van der Waals surface area contributed by atoms with Crippen LogP contribution in [0.1, 0.15) is 33.1 Å². The van der Waals surface area contributed by atoms with Crippen molar-refractivity contribution in [1.82, 2.24) is 24.7 Å². The fraction of sp³-hybridized carbons (Fsp3) is 0.474. The molecule has 4 rings (SSSR count). The van der Waals surface area contributed by atoms with Gasteiger partial charge < -0.3 is 10.2 Å². The fourth-order valence-electron chi connectivity index (χ4n) is 3.40. The molecule has 142 valence electrons. The van der Waals surface area contributed by atoms with Crippen LogP contribution < -0.4 is 5.32 Å². The second-order valence-corrected chi connectivity index (χ2v) is 8.20. The lowest BCUT2D eigenvalue weighted by molar-refractivity contribution is -0.132. The van der Waals surface area contributed by atoms with Crippen LogP contribution in [0.2, 0.25) is 0 Å². The number of piperidine rings is 1. The molecule has 1 fully saturated rings. The topological polar surface area (TPSA) is 75.4 Å². The van der Waals surface area contributed by atoms with Gasteiger partial charge in [-0.05, 0) is 42.3 Å². The Hall–Kier alpha value is -2.48. The number of rotatable bonds is 5. The van der Waals surface area contributed by atoms with E-state index in [1.807, 2.05) is 33.9 Å². The first-order valence-electron chi connectivity index (χ1n) is 9.39. The number of hydrogen-bond donors (Lipinski definition) is 1. The summed E-state index contributed by atoms with van der Waals surface area (Å²) in [5.74, 6) is 2.24. The first-order valence-corrected chi connectivity index (χ1v) is 10.3. The van der Waals surface area contributed by atoms with Crippen LogP contribution in [0.25, 0.3) is 17.0 Å². The third kappa shape index (κ3) is 3.95. The molecule has 1 saturated heterocycles. The highest BCUT2D eigenvalue weighted by Crippen LogP contribution is 2.22. The number of carbonyl (C=O) groups is 1. The van der Waals surface area contributed by atoms with E-state index in [1.54, 1.807) is 15.9 Å². The third-order valence-corrected chi connectivity index (χ3v) is 5.51. The van der Waals surface area contributed by atoms with Crippen molar-refractivity contribution >= 4 is 28.7 Å². The van der Waals surface area contributed by atoms with E-state index in [1.165, 1.54) is 0 Å². The standard InChI is InChI=1S/C19H24N6OS/c1-13(2)11-18(26)24-8-5-15(6-9-24)20-16-3-4-17-21-22-19(25(17)23-16)14-7-10-27-12-14/h3-4,7,10,12-13,15H,5-6,8-9,11H2,1-2H3,(H,20,23). The van der Waals surface area contributed by atoms with Gasteiger partial charge in [-0.15, -0.1) is 15.3 Å². The summed E-state index contributed by atoms with van der Waals surface area (Å²) in [5, 5.41) is 20.7. The Morgan fingerprint density at radius 3 is 2.78 bits per heavy atom. The Kier molecular flexibility index (Phi) is 5.07. The molecule has 3 aromatic heterocycles. The zero-order valence-electron chi connectivity index (χ0n) is 15.6. The molecule has 0 radical (unpaired) electrons. The van der Waals surface area contributed by atoms with Gasteiger partial charge >= 0.3 is 0 Å². The largest absolute Gasteiger partial charge is 0.366 e. The predicted octanol–water partition coefficient (Wildman–Crippen LogP) is 3.30. The molecular weight excluding hydrogens is 360 g/mol. The number of likely N-dealkylation sites (tertiary alicyclic amines) is 1. The van der Waals surface area contributed by atoms with Crippen LogP contribution in [-0.2, 0) is 4.79 Å². The molecule has 0 bridgehead atoms. The molecule has 27 heavy (non-hydrogen) atoms. The summed E-state index contributed by atoms with van der Waals surface area (Å²) in [4.78, 5) is 14.2. The van der Waals surface area contributed by atoms with Crippen LogP contribution >= 0.6 is 11.3 Å². The average Bonchev–Trinajstić information content (AvgIpc) is 3.30. The van der Waals surface area contributed by atoms with Gasteiger partial charge in [-0.3, -0.25) is 4.79 Å². The summed E-state index contributed by atoms with van der Waals surface area (Å²) in [6.45, 7) is 5.78. The van der Waals surface area contributed by atoms with Crippen molar-refractivity contribution in [1.29, 1.82) is 0 Å². The minimum Gasteiger partial charge on any atom is -0.366 e. The van der Waals surface area contributed by atoms with Crippen LogP contribution in [-0.4, -0.2) is 49.7 Å². The van der Waals surface area contributed by atoms with Gasteiger partial charge in [0.1, 0.15) is 5.82 Å². The summed E-state index contributed by atoms with van der Waals surface area (Å²) in [6.07, 6.45) is 2.50. The van der Waals surface area contributed by atoms with Gasteiger partial charge in [-0.25, -0.2) is 0 Å². The second kappa shape index (κ2) is 7.64. The van der Waals surface area contributed by atoms with E-state index < -0.39 is 0 Å². The van der Waals surface area contributed by atoms with E-state index in [0.717, 1.165) is 48.8 Å². The van der Waals surface area contributed by atoms with Gasteiger partial charge in [-0.2, -0.15) is 15.9 Å². The summed E-state index contributed by atoms with van der Waals surface area (Å²) < 4.78 is 1.78. The molecule has 0 atom stereocenters. The Morgan fingerprint density at radius 1 is 1.26 bits per heavy atom. The van der Waals surface area contributed by atoms with Crippen molar-refractivity contribution in [3.8, 4) is 11.4 Å². The van der Waals surface area contributed by atoms with Crippen LogP contribution in [0.3, 0.4) is 0 Å². The van der Waals surface area contributed by atoms with E-state index in [2.05, 4.69) is 34.5 Å². The minimum absolute atomic E-state index is 0.271. The maximum Gasteiger partial charge on any atom is 0.222 e. The number of hydrogen-bond acceptors (Lipinski definition) is 6. The highest BCUT2D eigenvalue weighted by Gasteiger charge is 2.23. The van der Waals surface area contributed by atoms with E-state index in [4.69, 9.17) is 0 Å². The highest BCUT2D eigenvalue weighted by atomic mass is 32.1. The van der Waals surface area contributed by atoms with Gasteiger partial charge in [0, 0.05) is 36.5 Å². The SMILES string of the molecule is CC(C)CC(=O)N1CCC(Nc2ccc3nnc(-c4ccsc4)n3n2)CC1. The molecule has 1 N–H and O–H groups in total. The van der Waals surface area contributed by atoms with Crippen LogP contribution in [0, 0.1) is 5.92 Å². The Balaban J connectivity index is 1.42. The normalized spacial score (nSPS) is 15.6. The van der Waals surface area contributed by atoms with Crippen molar-refractivity contribution in [3.63, 3.8) is 0 Å². The molecule has 0 spiro atoms. The quantitative estimate of drug-likeness (QED) is 0.730. The zero-order valence-corrected chi connectivity index (χ0v) is 16.4. The summed E-state index contributed by atoms with van der Waals surface area (Å²) in [6, 6.07) is 6.21. The second-order valence-electron chi connectivity index (χ2n) is 7.42. The van der Waals surface area contributed by atoms with Crippen molar-refractivity contribution in [3.05, 3.63) is 29.0 Å². The van der Waals surface area contributed by atoms with Gasteiger partial charge in [0.25, 0.3) is 0 Å². The predicted molar refractivity (Wildman–Crippen MR) is 107 cm³/mol. The molecule has 0 aromatic carbocycles. The van der Waals surface area contributed by atoms with Crippen LogP contribution in [0.4, 0.5) is 5.82 Å². The molecule has 4 heterocycles. The number of aromatic nitrogens is 4.